The fourth-order valence-electron chi connectivity index (χ4n) is 5.62. The number of rotatable bonds is 2. The van der Waals surface area contributed by atoms with Crippen molar-refractivity contribution in [2.24, 2.45) is 11.3 Å². The van der Waals surface area contributed by atoms with Crippen LogP contribution < -0.4 is 0 Å². The van der Waals surface area contributed by atoms with Crippen molar-refractivity contribution >= 4 is 5.97 Å². The Balaban J connectivity index is 2.06. The number of carbonyl (C=O) groups is 1. The van der Waals surface area contributed by atoms with Crippen LogP contribution in [0, 0.1) is 11.3 Å². The van der Waals surface area contributed by atoms with Crippen LogP contribution in [0.3, 0.4) is 0 Å². The van der Waals surface area contributed by atoms with Crippen molar-refractivity contribution in [3.05, 3.63) is 22.8 Å². The molecule has 6 heteroatoms. The first-order chi connectivity index (χ1) is 12.1. The third-order valence-corrected chi connectivity index (χ3v) is 6.75. The van der Waals surface area contributed by atoms with E-state index in [-0.39, 0.29) is 34.9 Å². The van der Waals surface area contributed by atoms with E-state index in [9.17, 15) is 20.1 Å². The van der Waals surface area contributed by atoms with E-state index in [2.05, 4.69) is 13.8 Å². The van der Waals surface area contributed by atoms with Gasteiger partial charge in [0.25, 0.3) is 0 Å². The Bertz CT molecular complexity index is 783. The fraction of sp³-hybridized carbons (Fsp3) is 0.650. The molecule has 3 N–H and O–H groups in total. The van der Waals surface area contributed by atoms with E-state index in [0.717, 1.165) is 12.8 Å². The molecule has 0 aromatic heterocycles. The molecule has 1 aromatic rings. The summed E-state index contributed by atoms with van der Waals surface area (Å²) in [5.74, 6) is -1.88. The summed E-state index contributed by atoms with van der Waals surface area (Å²) >= 11 is 0. The lowest BCUT2D eigenvalue weighted by atomic mass is 9.47. The van der Waals surface area contributed by atoms with Crippen molar-refractivity contribution in [2.45, 2.75) is 70.5 Å². The normalized spacial score (nSPS) is 34.4. The highest BCUT2D eigenvalue weighted by Crippen LogP contribution is 2.65. The first-order valence-electron chi connectivity index (χ1n) is 9.27. The first kappa shape index (κ1) is 17.6. The van der Waals surface area contributed by atoms with E-state index < -0.39 is 17.5 Å². The minimum absolute atomic E-state index is 0.0213. The quantitative estimate of drug-likeness (QED) is 0.548. The summed E-state index contributed by atoms with van der Waals surface area (Å²) in [6, 6.07) is 1.79. The summed E-state index contributed by atoms with van der Waals surface area (Å²) in [6.07, 6.45) is 1.25. The van der Waals surface area contributed by atoms with Crippen LogP contribution in [0.5, 0.6) is 11.5 Å². The van der Waals surface area contributed by atoms with Gasteiger partial charge in [0.15, 0.2) is 11.5 Å². The Morgan fingerprint density at radius 3 is 2.42 bits per heavy atom. The SMILES string of the molecule is CC(C)c1cc2c(c(O)c1O)[C@@]1(C(=O)O)CCCC(C)(C)[C@@H]1[C@H]1OO[C@@H]21. The van der Waals surface area contributed by atoms with Crippen LogP contribution in [0.1, 0.15) is 75.7 Å². The first-order valence-corrected chi connectivity index (χ1v) is 9.27. The van der Waals surface area contributed by atoms with Gasteiger partial charge in [0.2, 0.25) is 0 Å². The van der Waals surface area contributed by atoms with E-state index in [0.29, 0.717) is 23.1 Å². The number of hydrogen-bond acceptors (Lipinski definition) is 5. The molecular weight excluding hydrogens is 336 g/mol. The molecule has 0 radical (unpaired) electrons. The van der Waals surface area contributed by atoms with E-state index in [4.69, 9.17) is 9.78 Å². The van der Waals surface area contributed by atoms with Crippen LogP contribution in [-0.4, -0.2) is 27.4 Å². The van der Waals surface area contributed by atoms with Crippen LogP contribution in [0.4, 0.5) is 0 Å². The zero-order chi connectivity index (χ0) is 19.0. The highest BCUT2D eigenvalue weighted by Gasteiger charge is 2.67. The van der Waals surface area contributed by atoms with Gasteiger partial charge in [-0.25, -0.2) is 9.78 Å². The number of aliphatic carboxylic acids is 1. The van der Waals surface area contributed by atoms with E-state index in [1.807, 2.05) is 13.8 Å². The smallest absolute Gasteiger partial charge is 0.314 e. The molecule has 4 atom stereocenters. The van der Waals surface area contributed by atoms with Crippen LogP contribution in [0.2, 0.25) is 0 Å². The molecule has 0 bridgehead atoms. The Morgan fingerprint density at radius 1 is 1.19 bits per heavy atom. The molecule has 4 rings (SSSR count). The largest absolute Gasteiger partial charge is 0.504 e. The Morgan fingerprint density at radius 2 is 1.88 bits per heavy atom. The molecular formula is C20H26O6. The third kappa shape index (κ3) is 1.97. The second-order valence-electron chi connectivity index (χ2n) is 8.96. The topological polar surface area (TPSA) is 96.2 Å². The lowest BCUT2D eigenvalue weighted by Crippen LogP contribution is -2.64. The monoisotopic (exact) mass is 362 g/mol. The zero-order valence-corrected chi connectivity index (χ0v) is 15.6. The minimum Gasteiger partial charge on any atom is -0.504 e. The molecule has 1 saturated carbocycles. The van der Waals surface area contributed by atoms with Gasteiger partial charge in [-0.2, -0.15) is 0 Å². The Hall–Kier alpha value is -1.79. The highest BCUT2D eigenvalue weighted by atomic mass is 17.2. The number of phenolic OH excluding ortho intramolecular Hbond substituents is 2. The molecule has 0 spiro atoms. The summed E-state index contributed by atoms with van der Waals surface area (Å²) in [4.78, 5) is 23.4. The maximum absolute atomic E-state index is 12.6. The second-order valence-corrected chi connectivity index (χ2v) is 8.96. The summed E-state index contributed by atoms with van der Waals surface area (Å²) in [7, 11) is 0. The molecule has 26 heavy (non-hydrogen) atoms. The minimum atomic E-state index is -1.29. The molecule has 1 aliphatic heterocycles. The molecule has 2 aliphatic carbocycles. The van der Waals surface area contributed by atoms with E-state index >= 15 is 0 Å². The van der Waals surface area contributed by atoms with Gasteiger partial charge in [0.1, 0.15) is 17.6 Å². The Kier molecular flexibility index (Phi) is 3.63. The van der Waals surface area contributed by atoms with Crippen molar-refractivity contribution in [1.29, 1.82) is 0 Å². The molecule has 1 heterocycles. The van der Waals surface area contributed by atoms with Crippen LogP contribution in [0.25, 0.3) is 0 Å². The van der Waals surface area contributed by atoms with Crippen molar-refractivity contribution in [3.63, 3.8) is 0 Å². The number of hydrogen-bond donors (Lipinski definition) is 3. The Labute approximate surface area is 152 Å². The van der Waals surface area contributed by atoms with Crippen molar-refractivity contribution in [2.75, 3.05) is 0 Å². The number of benzene rings is 1. The van der Waals surface area contributed by atoms with E-state index in [1.165, 1.54) is 0 Å². The van der Waals surface area contributed by atoms with Gasteiger partial charge in [-0.05, 0) is 35.8 Å². The van der Waals surface area contributed by atoms with Gasteiger partial charge < -0.3 is 15.3 Å². The molecule has 2 fully saturated rings. The number of carboxylic acids is 1. The lowest BCUT2D eigenvalue weighted by molar-refractivity contribution is -0.491. The second kappa shape index (κ2) is 5.36. The number of carboxylic acid groups (broad SMARTS) is 1. The molecule has 0 unspecified atom stereocenters. The highest BCUT2D eigenvalue weighted by molar-refractivity contribution is 5.86. The average molecular weight is 362 g/mol. The van der Waals surface area contributed by atoms with Crippen molar-refractivity contribution in [3.8, 4) is 11.5 Å². The molecule has 1 saturated heterocycles. The molecule has 3 aliphatic rings. The lowest BCUT2D eigenvalue weighted by Gasteiger charge is -2.59. The number of fused-ring (bicyclic) bond motifs is 6. The molecule has 1 aromatic carbocycles. The van der Waals surface area contributed by atoms with Crippen LogP contribution >= 0.6 is 0 Å². The molecule has 0 amide bonds. The molecule has 142 valence electrons. The third-order valence-electron chi connectivity index (χ3n) is 6.75. The summed E-state index contributed by atoms with van der Waals surface area (Å²) < 4.78 is 0. The predicted octanol–water partition coefficient (Wildman–Crippen LogP) is 3.76. The van der Waals surface area contributed by atoms with Gasteiger partial charge in [-0.3, -0.25) is 4.79 Å². The number of phenols is 2. The number of aromatic hydroxyl groups is 2. The van der Waals surface area contributed by atoms with E-state index in [1.54, 1.807) is 6.07 Å². The van der Waals surface area contributed by atoms with Crippen LogP contribution in [0.15, 0.2) is 6.07 Å². The van der Waals surface area contributed by atoms with Gasteiger partial charge in [0.05, 0.1) is 0 Å². The van der Waals surface area contributed by atoms with Gasteiger partial charge in [0, 0.05) is 17.0 Å². The molecule has 6 nitrogen and oxygen atoms in total. The maximum Gasteiger partial charge on any atom is 0.314 e. The summed E-state index contributed by atoms with van der Waals surface area (Å²) in [5, 5.41) is 31.8. The summed E-state index contributed by atoms with van der Waals surface area (Å²) in [6.45, 7) is 7.94. The van der Waals surface area contributed by atoms with Gasteiger partial charge in [-0.15, -0.1) is 0 Å². The van der Waals surface area contributed by atoms with Crippen LogP contribution in [-0.2, 0) is 20.0 Å². The van der Waals surface area contributed by atoms with Gasteiger partial charge in [-0.1, -0.05) is 34.1 Å². The average Bonchev–Trinajstić information content (AvgIpc) is 2.50. The zero-order valence-electron chi connectivity index (χ0n) is 15.6. The van der Waals surface area contributed by atoms with Crippen molar-refractivity contribution in [1.82, 2.24) is 0 Å². The van der Waals surface area contributed by atoms with Gasteiger partial charge >= 0.3 is 5.97 Å². The summed E-state index contributed by atoms with van der Waals surface area (Å²) in [5.41, 5.74) is -0.0470. The standard InChI is InChI=1S/C20H26O6/c1-9(2)10-8-11-12(14(22)13(10)21)20(18(23)24)7-5-6-19(3,4)17(20)16-15(11)25-26-16/h8-9,15-17,21-22H,5-7H2,1-4H3,(H,23,24)/t15-,16-,17-,20-/m0/s1. The van der Waals surface area contributed by atoms with Crippen molar-refractivity contribution < 1.29 is 29.9 Å². The maximum atomic E-state index is 12.6. The predicted molar refractivity (Wildman–Crippen MR) is 93.0 cm³/mol. The fourth-order valence-corrected chi connectivity index (χ4v) is 5.62.